The van der Waals surface area contributed by atoms with Crippen molar-refractivity contribution in [3.8, 4) is 0 Å². The summed E-state index contributed by atoms with van der Waals surface area (Å²) in [7, 11) is 1.65. The lowest BCUT2D eigenvalue weighted by atomic mass is 10.0. The quantitative estimate of drug-likeness (QED) is 0.940. The lowest BCUT2D eigenvalue weighted by Crippen LogP contribution is -2.24. The summed E-state index contributed by atoms with van der Waals surface area (Å²) in [5, 5.41) is 10.4. The molecule has 0 bridgehead atoms. The average Bonchev–Trinajstić information content (AvgIpc) is 2.90. The number of para-hydroxylation sites is 1. The van der Waals surface area contributed by atoms with Gasteiger partial charge in [0.2, 0.25) is 0 Å². The number of fused-ring (bicyclic) bond motifs is 1. The fourth-order valence-corrected chi connectivity index (χ4v) is 3.55. The van der Waals surface area contributed by atoms with Crippen molar-refractivity contribution in [1.82, 2.24) is 4.98 Å². The highest BCUT2D eigenvalue weighted by molar-refractivity contribution is 7.15. The molecule has 0 aliphatic carbocycles. The Labute approximate surface area is 122 Å². The molecule has 0 amide bonds. The molecule has 0 spiro atoms. The van der Waals surface area contributed by atoms with Crippen molar-refractivity contribution in [3.63, 3.8) is 0 Å². The lowest BCUT2D eigenvalue weighted by Gasteiger charge is -2.28. The van der Waals surface area contributed by atoms with E-state index in [1.807, 2.05) is 0 Å². The Morgan fingerprint density at radius 1 is 1.40 bits per heavy atom. The first-order chi connectivity index (χ1) is 9.83. The Hall–Kier alpha value is -1.43. The summed E-state index contributed by atoms with van der Waals surface area (Å²) in [6.07, 6.45) is 2.25. The van der Waals surface area contributed by atoms with Crippen LogP contribution in [0.4, 0.5) is 10.8 Å². The summed E-state index contributed by atoms with van der Waals surface area (Å²) in [4.78, 5) is 7.80. The molecule has 0 saturated heterocycles. The molecule has 4 nitrogen and oxygen atoms in total. The molecule has 3 rings (SSSR count). The molecule has 0 atom stereocenters. The number of ether oxygens (including phenoxy) is 1. The molecule has 1 aromatic heterocycles. The average molecular weight is 290 g/mol. The van der Waals surface area contributed by atoms with Gasteiger partial charge in [0.15, 0.2) is 5.13 Å². The van der Waals surface area contributed by atoms with Gasteiger partial charge in [-0.2, -0.15) is 0 Å². The fourth-order valence-electron chi connectivity index (χ4n) is 2.59. The van der Waals surface area contributed by atoms with Crippen LogP contribution in [0, 0.1) is 0 Å². The van der Waals surface area contributed by atoms with Crippen LogP contribution in [0.5, 0.6) is 0 Å². The van der Waals surface area contributed by atoms with Gasteiger partial charge < -0.3 is 14.7 Å². The zero-order chi connectivity index (χ0) is 13.9. The van der Waals surface area contributed by atoms with Crippen LogP contribution in [0.15, 0.2) is 24.3 Å². The minimum absolute atomic E-state index is 0.0197. The SMILES string of the molecule is COCc1nc(N2CCCc3ccccc32)sc1CO. The Bertz CT molecular complexity index is 597. The van der Waals surface area contributed by atoms with E-state index in [0.29, 0.717) is 6.61 Å². The van der Waals surface area contributed by atoms with Crippen LogP contribution in [-0.4, -0.2) is 23.7 Å². The number of aromatic nitrogens is 1. The van der Waals surface area contributed by atoms with Gasteiger partial charge in [-0.3, -0.25) is 0 Å². The van der Waals surface area contributed by atoms with Crippen LogP contribution in [-0.2, 0) is 24.4 Å². The molecule has 2 heterocycles. The van der Waals surface area contributed by atoms with Crippen LogP contribution in [0.3, 0.4) is 0 Å². The first-order valence-corrected chi connectivity index (χ1v) is 7.59. The van der Waals surface area contributed by atoms with Gasteiger partial charge in [0, 0.05) is 19.3 Å². The van der Waals surface area contributed by atoms with E-state index in [0.717, 1.165) is 35.1 Å². The van der Waals surface area contributed by atoms with Crippen molar-refractivity contribution in [3.05, 3.63) is 40.4 Å². The molecule has 5 heteroatoms. The van der Waals surface area contributed by atoms with Crippen molar-refractivity contribution in [2.24, 2.45) is 0 Å². The van der Waals surface area contributed by atoms with Crippen molar-refractivity contribution in [1.29, 1.82) is 0 Å². The molecule has 0 saturated carbocycles. The molecule has 0 radical (unpaired) electrons. The Balaban J connectivity index is 1.98. The second-order valence-electron chi connectivity index (χ2n) is 4.84. The third-order valence-electron chi connectivity index (χ3n) is 3.53. The van der Waals surface area contributed by atoms with Crippen LogP contribution >= 0.6 is 11.3 Å². The van der Waals surface area contributed by atoms with E-state index in [1.165, 1.54) is 11.3 Å². The van der Waals surface area contributed by atoms with E-state index in [4.69, 9.17) is 4.74 Å². The minimum atomic E-state index is 0.0197. The maximum absolute atomic E-state index is 9.45. The normalized spacial score (nSPS) is 14.4. The number of benzene rings is 1. The van der Waals surface area contributed by atoms with E-state index < -0.39 is 0 Å². The highest BCUT2D eigenvalue weighted by Crippen LogP contribution is 2.36. The second-order valence-corrected chi connectivity index (χ2v) is 5.90. The van der Waals surface area contributed by atoms with Gasteiger partial charge in [-0.25, -0.2) is 4.98 Å². The zero-order valence-corrected chi connectivity index (χ0v) is 12.3. The zero-order valence-electron chi connectivity index (χ0n) is 11.5. The van der Waals surface area contributed by atoms with Crippen LogP contribution in [0.25, 0.3) is 0 Å². The van der Waals surface area contributed by atoms with Crippen molar-refractivity contribution in [2.75, 3.05) is 18.6 Å². The summed E-state index contributed by atoms with van der Waals surface area (Å²) in [5.41, 5.74) is 3.45. The van der Waals surface area contributed by atoms with Crippen molar-refractivity contribution < 1.29 is 9.84 Å². The van der Waals surface area contributed by atoms with Gasteiger partial charge in [0.25, 0.3) is 0 Å². The minimum Gasteiger partial charge on any atom is -0.391 e. The number of hydrogen-bond acceptors (Lipinski definition) is 5. The second kappa shape index (κ2) is 5.91. The van der Waals surface area contributed by atoms with Crippen LogP contribution in [0.2, 0.25) is 0 Å². The third kappa shape index (κ3) is 2.44. The first-order valence-electron chi connectivity index (χ1n) is 6.77. The summed E-state index contributed by atoms with van der Waals surface area (Å²) in [6.45, 7) is 1.44. The molecule has 0 unspecified atom stereocenters. The van der Waals surface area contributed by atoms with Gasteiger partial charge in [0.05, 0.1) is 23.8 Å². The van der Waals surface area contributed by atoms with E-state index >= 15 is 0 Å². The summed E-state index contributed by atoms with van der Waals surface area (Å²) in [6, 6.07) is 8.47. The van der Waals surface area contributed by atoms with Gasteiger partial charge >= 0.3 is 0 Å². The molecule has 2 aromatic rings. The molecule has 0 fully saturated rings. The fraction of sp³-hybridized carbons (Fsp3) is 0.400. The smallest absolute Gasteiger partial charge is 0.190 e. The molecule has 106 valence electrons. The molecule has 1 N–H and O–H groups in total. The number of hydrogen-bond donors (Lipinski definition) is 1. The number of aryl methyl sites for hydroxylation is 1. The standard InChI is InChI=1S/C15H18N2O2S/c1-19-10-12-14(9-18)20-15(16-12)17-8-4-6-11-5-2-3-7-13(11)17/h2-3,5,7,18H,4,6,8-10H2,1H3. The molecular formula is C15H18N2O2S. The molecular weight excluding hydrogens is 272 g/mol. The van der Waals surface area contributed by atoms with E-state index in [9.17, 15) is 5.11 Å². The number of aliphatic hydroxyl groups is 1. The molecule has 1 aliphatic heterocycles. The molecule has 1 aromatic carbocycles. The highest BCUT2D eigenvalue weighted by atomic mass is 32.1. The number of rotatable bonds is 4. The molecule has 20 heavy (non-hydrogen) atoms. The number of nitrogens with zero attached hydrogens (tertiary/aromatic N) is 2. The van der Waals surface area contributed by atoms with Crippen molar-refractivity contribution >= 4 is 22.2 Å². The van der Waals surface area contributed by atoms with Crippen LogP contribution in [0.1, 0.15) is 22.6 Å². The Morgan fingerprint density at radius 3 is 3.05 bits per heavy atom. The molecule has 1 aliphatic rings. The first kappa shape index (κ1) is 13.5. The number of aliphatic hydroxyl groups excluding tert-OH is 1. The largest absolute Gasteiger partial charge is 0.391 e. The van der Waals surface area contributed by atoms with E-state index in [2.05, 4.69) is 34.1 Å². The summed E-state index contributed by atoms with van der Waals surface area (Å²) in [5.74, 6) is 0. The van der Waals surface area contributed by atoms with E-state index in [1.54, 1.807) is 18.4 Å². The van der Waals surface area contributed by atoms with Gasteiger partial charge in [0.1, 0.15) is 0 Å². The van der Waals surface area contributed by atoms with Gasteiger partial charge in [-0.15, -0.1) is 0 Å². The summed E-state index contributed by atoms with van der Waals surface area (Å²) < 4.78 is 5.16. The highest BCUT2D eigenvalue weighted by Gasteiger charge is 2.22. The number of thiazole rings is 1. The Morgan fingerprint density at radius 2 is 2.25 bits per heavy atom. The predicted molar refractivity (Wildman–Crippen MR) is 80.5 cm³/mol. The monoisotopic (exact) mass is 290 g/mol. The van der Waals surface area contributed by atoms with Gasteiger partial charge in [-0.1, -0.05) is 29.5 Å². The third-order valence-corrected chi connectivity index (χ3v) is 4.64. The maximum atomic E-state index is 9.45. The maximum Gasteiger partial charge on any atom is 0.190 e. The van der Waals surface area contributed by atoms with Gasteiger partial charge in [-0.05, 0) is 24.5 Å². The van der Waals surface area contributed by atoms with Crippen LogP contribution < -0.4 is 4.90 Å². The Kier molecular flexibility index (Phi) is 4.00. The number of methoxy groups -OCH3 is 1. The topological polar surface area (TPSA) is 45.6 Å². The lowest BCUT2D eigenvalue weighted by molar-refractivity contribution is 0.179. The predicted octanol–water partition coefficient (Wildman–Crippen LogP) is 2.87. The number of anilines is 2. The van der Waals surface area contributed by atoms with E-state index in [-0.39, 0.29) is 6.61 Å². The van der Waals surface area contributed by atoms with Crippen molar-refractivity contribution in [2.45, 2.75) is 26.1 Å². The summed E-state index contributed by atoms with van der Waals surface area (Å²) >= 11 is 1.55.